The Morgan fingerprint density at radius 3 is 2.16 bits per heavy atom. The number of hydrogen-bond donors (Lipinski definition) is 2. The molecule has 2 aromatic carbocycles. The minimum atomic E-state index is -3.60. The van der Waals surface area contributed by atoms with Gasteiger partial charge in [0.1, 0.15) is 0 Å². The zero-order valence-electron chi connectivity index (χ0n) is 14.2. The monoisotopic (exact) mass is 360 g/mol. The first-order valence-corrected chi connectivity index (χ1v) is 9.22. The van der Waals surface area contributed by atoms with Gasteiger partial charge < -0.3 is 5.32 Å². The van der Waals surface area contributed by atoms with E-state index in [4.69, 9.17) is 0 Å². The van der Waals surface area contributed by atoms with E-state index >= 15 is 0 Å². The fourth-order valence-electron chi connectivity index (χ4n) is 2.18. The number of rotatable bonds is 6. The van der Waals surface area contributed by atoms with Gasteiger partial charge in [-0.05, 0) is 57.2 Å². The van der Waals surface area contributed by atoms with E-state index in [1.165, 1.54) is 31.2 Å². The van der Waals surface area contributed by atoms with Crippen LogP contribution < -0.4 is 10.0 Å². The molecule has 2 N–H and O–H groups in total. The second-order valence-electron chi connectivity index (χ2n) is 5.89. The summed E-state index contributed by atoms with van der Waals surface area (Å²) in [6.45, 7) is 4.91. The number of sulfonamides is 1. The van der Waals surface area contributed by atoms with Crippen LogP contribution in [0, 0.1) is 0 Å². The fourth-order valence-corrected chi connectivity index (χ4v) is 3.43. The zero-order chi connectivity index (χ0) is 18.6. The number of amides is 1. The van der Waals surface area contributed by atoms with Crippen LogP contribution in [0.3, 0.4) is 0 Å². The topological polar surface area (TPSA) is 92.3 Å². The second-order valence-corrected chi connectivity index (χ2v) is 7.61. The summed E-state index contributed by atoms with van der Waals surface area (Å²) in [5, 5.41) is 2.69. The maximum atomic E-state index is 12.3. The van der Waals surface area contributed by atoms with Crippen molar-refractivity contribution in [1.29, 1.82) is 0 Å². The minimum absolute atomic E-state index is 0.0938. The van der Waals surface area contributed by atoms with Crippen LogP contribution >= 0.6 is 0 Å². The van der Waals surface area contributed by atoms with Crippen molar-refractivity contribution in [2.45, 2.75) is 31.7 Å². The quantitative estimate of drug-likeness (QED) is 0.775. The van der Waals surface area contributed by atoms with E-state index in [1.54, 1.807) is 38.1 Å². The van der Waals surface area contributed by atoms with Crippen LogP contribution in [-0.4, -0.2) is 26.2 Å². The van der Waals surface area contributed by atoms with Gasteiger partial charge in [-0.2, -0.15) is 0 Å². The summed E-state index contributed by atoms with van der Waals surface area (Å²) in [5.74, 6) is -0.482. The molecule has 25 heavy (non-hydrogen) atoms. The van der Waals surface area contributed by atoms with Gasteiger partial charge in [-0.25, -0.2) is 13.1 Å². The lowest BCUT2D eigenvalue weighted by Crippen LogP contribution is -2.30. The summed E-state index contributed by atoms with van der Waals surface area (Å²) in [6, 6.07) is 12.0. The zero-order valence-corrected chi connectivity index (χ0v) is 15.1. The Morgan fingerprint density at radius 2 is 1.60 bits per heavy atom. The number of carbonyl (C=O) groups is 2. The van der Waals surface area contributed by atoms with Gasteiger partial charge in [-0.15, -0.1) is 0 Å². The molecule has 7 heteroatoms. The van der Waals surface area contributed by atoms with Gasteiger partial charge in [0.2, 0.25) is 10.0 Å². The molecule has 132 valence electrons. The number of nitrogens with one attached hydrogen (secondary N) is 2. The third kappa shape index (κ3) is 4.98. The Balaban J connectivity index is 2.16. The Bertz CT molecular complexity index is 888. The normalized spacial score (nSPS) is 11.4. The lowest BCUT2D eigenvalue weighted by Gasteiger charge is -2.10. The van der Waals surface area contributed by atoms with Gasteiger partial charge in [0.25, 0.3) is 5.91 Å². The predicted octanol–water partition coefficient (Wildman–Crippen LogP) is 2.83. The van der Waals surface area contributed by atoms with E-state index in [-0.39, 0.29) is 22.6 Å². The summed E-state index contributed by atoms with van der Waals surface area (Å²) in [4.78, 5) is 23.8. The Kier molecular flexibility index (Phi) is 5.71. The van der Waals surface area contributed by atoms with Crippen LogP contribution in [0.15, 0.2) is 53.4 Å². The number of carbonyl (C=O) groups excluding carboxylic acids is 2. The maximum absolute atomic E-state index is 12.3. The molecule has 0 saturated heterocycles. The van der Waals surface area contributed by atoms with Crippen molar-refractivity contribution in [2.24, 2.45) is 0 Å². The number of hydrogen-bond acceptors (Lipinski definition) is 4. The first kappa shape index (κ1) is 18.8. The predicted molar refractivity (Wildman–Crippen MR) is 96.3 cm³/mol. The molecular weight excluding hydrogens is 340 g/mol. The first-order chi connectivity index (χ1) is 11.7. The van der Waals surface area contributed by atoms with E-state index in [0.717, 1.165) is 0 Å². The molecule has 0 fully saturated rings. The number of Topliss-reactive ketones (excluding diaryl/α,β-unsaturated/α-hetero) is 1. The van der Waals surface area contributed by atoms with Crippen LogP contribution in [0.2, 0.25) is 0 Å². The molecule has 2 rings (SSSR count). The minimum Gasteiger partial charge on any atom is -0.322 e. The van der Waals surface area contributed by atoms with Crippen LogP contribution in [-0.2, 0) is 10.0 Å². The molecule has 0 saturated carbocycles. The molecular formula is C18H20N2O4S. The lowest BCUT2D eigenvalue weighted by molar-refractivity contribution is 0.101. The molecule has 0 aliphatic heterocycles. The third-order valence-corrected chi connectivity index (χ3v) is 5.02. The lowest BCUT2D eigenvalue weighted by atomic mass is 10.1. The third-order valence-electron chi connectivity index (χ3n) is 3.34. The molecule has 0 unspecified atom stereocenters. The van der Waals surface area contributed by atoms with Crippen LogP contribution in [0.25, 0.3) is 0 Å². The highest BCUT2D eigenvalue weighted by molar-refractivity contribution is 7.89. The average Bonchev–Trinajstić information content (AvgIpc) is 2.54. The van der Waals surface area contributed by atoms with Crippen molar-refractivity contribution in [3.05, 3.63) is 59.7 Å². The van der Waals surface area contributed by atoms with Gasteiger partial charge in [-0.1, -0.05) is 12.1 Å². The molecule has 0 atom stereocenters. The summed E-state index contributed by atoms with van der Waals surface area (Å²) in [5.41, 5.74) is 1.31. The standard InChI is InChI=1S/C18H20N2O4S/c1-12(2)20-25(23,24)17-9-7-14(8-10-17)18(22)19-16-6-4-5-15(11-16)13(3)21/h4-12,20H,1-3H3,(H,19,22). The van der Waals surface area contributed by atoms with E-state index in [1.807, 2.05) is 0 Å². The summed E-state index contributed by atoms with van der Waals surface area (Å²) < 4.78 is 26.6. The maximum Gasteiger partial charge on any atom is 0.255 e. The highest BCUT2D eigenvalue weighted by Crippen LogP contribution is 2.15. The van der Waals surface area contributed by atoms with Crippen molar-refractivity contribution in [3.63, 3.8) is 0 Å². The average molecular weight is 360 g/mol. The Labute approximate surface area is 147 Å². The smallest absolute Gasteiger partial charge is 0.255 e. The SMILES string of the molecule is CC(=O)c1cccc(NC(=O)c2ccc(S(=O)(=O)NC(C)C)cc2)c1. The van der Waals surface area contributed by atoms with Gasteiger partial charge in [0.05, 0.1) is 4.90 Å². The number of benzene rings is 2. The van der Waals surface area contributed by atoms with Crippen LogP contribution in [0.4, 0.5) is 5.69 Å². The molecule has 0 spiro atoms. The van der Waals surface area contributed by atoms with Crippen molar-refractivity contribution in [3.8, 4) is 0 Å². The molecule has 0 heterocycles. The molecule has 2 aromatic rings. The van der Waals surface area contributed by atoms with Crippen LogP contribution in [0.5, 0.6) is 0 Å². The van der Waals surface area contributed by atoms with Gasteiger partial charge in [0, 0.05) is 22.9 Å². The summed E-state index contributed by atoms with van der Waals surface area (Å²) in [6.07, 6.45) is 0. The van der Waals surface area contributed by atoms with E-state index < -0.39 is 10.0 Å². The highest BCUT2D eigenvalue weighted by atomic mass is 32.2. The Morgan fingerprint density at radius 1 is 0.960 bits per heavy atom. The van der Waals surface area contributed by atoms with Crippen LogP contribution in [0.1, 0.15) is 41.5 Å². The number of anilines is 1. The van der Waals surface area contributed by atoms with Gasteiger partial charge >= 0.3 is 0 Å². The van der Waals surface area contributed by atoms with E-state index in [9.17, 15) is 18.0 Å². The Hall–Kier alpha value is -2.51. The molecule has 1 amide bonds. The number of ketones is 1. The first-order valence-electron chi connectivity index (χ1n) is 7.74. The van der Waals surface area contributed by atoms with Crippen molar-refractivity contribution in [1.82, 2.24) is 4.72 Å². The molecule has 0 aliphatic rings. The second kappa shape index (κ2) is 7.58. The summed E-state index contributed by atoms with van der Waals surface area (Å²) >= 11 is 0. The molecule has 6 nitrogen and oxygen atoms in total. The van der Waals surface area contributed by atoms with E-state index in [0.29, 0.717) is 16.8 Å². The fraction of sp³-hybridized carbons (Fsp3) is 0.222. The van der Waals surface area contributed by atoms with E-state index in [2.05, 4.69) is 10.0 Å². The molecule has 0 aromatic heterocycles. The van der Waals surface area contributed by atoms with Crippen molar-refractivity contribution in [2.75, 3.05) is 5.32 Å². The largest absolute Gasteiger partial charge is 0.322 e. The van der Waals surface area contributed by atoms with Crippen molar-refractivity contribution < 1.29 is 18.0 Å². The molecule has 0 aliphatic carbocycles. The molecule has 0 radical (unpaired) electrons. The van der Waals surface area contributed by atoms with Crippen molar-refractivity contribution >= 4 is 27.4 Å². The summed E-state index contributed by atoms with van der Waals surface area (Å²) in [7, 11) is -3.60. The van der Waals surface area contributed by atoms with Gasteiger partial charge in [0.15, 0.2) is 5.78 Å². The highest BCUT2D eigenvalue weighted by Gasteiger charge is 2.16. The molecule has 0 bridgehead atoms. The van der Waals surface area contributed by atoms with Gasteiger partial charge in [-0.3, -0.25) is 9.59 Å².